The van der Waals surface area contributed by atoms with Crippen molar-refractivity contribution in [3.63, 3.8) is 0 Å². The molecule has 0 saturated carbocycles. The van der Waals surface area contributed by atoms with E-state index in [4.69, 9.17) is 0 Å². The van der Waals surface area contributed by atoms with Crippen LogP contribution in [0.5, 0.6) is 0 Å². The van der Waals surface area contributed by atoms with Gasteiger partial charge in [0, 0.05) is 30.6 Å². The second-order valence-electron chi connectivity index (χ2n) is 6.30. The average molecular weight is 371 g/mol. The Bertz CT molecular complexity index is 727. The Kier molecular flexibility index (Phi) is 7.73. The van der Waals surface area contributed by atoms with E-state index in [1.807, 2.05) is 29.2 Å². The van der Waals surface area contributed by atoms with Gasteiger partial charge in [-0.3, -0.25) is 9.59 Å². The lowest BCUT2D eigenvalue weighted by atomic mass is 10.1. The van der Waals surface area contributed by atoms with Crippen molar-refractivity contribution in [2.45, 2.75) is 38.6 Å². The molecule has 2 rings (SSSR count). The molecule has 0 radical (unpaired) electrons. The number of nitrogens with zero attached hydrogens (tertiary/aromatic N) is 1. The largest absolute Gasteiger partial charge is 0.338 e. The van der Waals surface area contributed by atoms with Crippen LogP contribution >= 0.6 is 11.8 Å². The van der Waals surface area contributed by atoms with Crippen molar-refractivity contribution in [2.75, 3.05) is 17.6 Å². The maximum Gasteiger partial charge on any atom is 0.233 e. The van der Waals surface area contributed by atoms with Gasteiger partial charge in [-0.05, 0) is 43.2 Å². The molecule has 0 atom stereocenters. The first kappa shape index (κ1) is 20.0. The molecule has 0 aliphatic carbocycles. The number of carbonyl (C=O) groups excluding carboxylic acids is 2. The van der Waals surface area contributed by atoms with Crippen LogP contribution in [0.15, 0.2) is 53.4 Å². The van der Waals surface area contributed by atoms with E-state index in [0.29, 0.717) is 12.3 Å². The maximum atomic E-state index is 12.6. The summed E-state index contributed by atoms with van der Waals surface area (Å²) in [6, 6.07) is 15.9. The zero-order valence-corrected chi connectivity index (χ0v) is 16.4. The molecule has 0 heterocycles. The second-order valence-corrected chi connectivity index (χ2v) is 7.34. The fraction of sp³-hybridized carbons (Fsp3) is 0.333. The molecular formula is C21H26N2O2S. The van der Waals surface area contributed by atoms with E-state index in [1.165, 1.54) is 24.2 Å². The van der Waals surface area contributed by atoms with Gasteiger partial charge in [0.25, 0.3) is 0 Å². The van der Waals surface area contributed by atoms with E-state index in [-0.39, 0.29) is 11.8 Å². The zero-order valence-electron chi connectivity index (χ0n) is 15.6. The standard InChI is InChI=1S/C21H26N2O2S/c1-4-13-23(14-18-7-5-16(2)6-8-18)21(25)15-26-20-11-9-19(10-12-20)22-17(3)24/h5-12H,4,13-15H2,1-3H3,(H,22,24). The Morgan fingerprint density at radius 3 is 2.27 bits per heavy atom. The van der Waals surface area contributed by atoms with Crippen LogP contribution in [0.4, 0.5) is 5.69 Å². The number of hydrogen-bond donors (Lipinski definition) is 1. The number of aryl methyl sites for hydroxylation is 1. The van der Waals surface area contributed by atoms with Gasteiger partial charge in [-0.25, -0.2) is 0 Å². The number of hydrogen-bond acceptors (Lipinski definition) is 3. The van der Waals surface area contributed by atoms with E-state index in [9.17, 15) is 9.59 Å². The third kappa shape index (κ3) is 6.56. The van der Waals surface area contributed by atoms with E-state index >= 15 is 0 Å². The lowest BCUT2D eigenvalue weighted by Crippen LogP contribution is -2.32. The fourth-order valence-electron chi connectivity index (χ4n) is 2.55. The van der Waals surface area contributed by atoms with Crippen LogP contribution in [0.25, 0.3) is 0 Å². The lowest BCUT2D eigenvalue weighted by molar-refractivity contribution is -0.129. The molecule has 0 fully saturated rings. The molecule has 2 aromatic rings. The number of thioether (sulfide) groups is 1. The van der Waals surface area contributed by atoms with E-state index in [1.54, 1.807) is 0 Å². The summed E-state index contributed by atoms with van der Waals surface area (Å²) in [7, 11) is 0. The molecule has 0 aliphatic rings. The van der Waals surface area contributed by atoms with E-state index in [0.717, 1.165) is 29.1 Å². The minimum atomic E-state index is -0.0908. The molecule has 0 aliphatic heterocycles. The molecule has 0 saturated heterocycles. The molecule has 0 bridgehead atoms. The topological polar surface area (TPSA) is 49.4 Å². The Balaban J connectivity index is 1.92. The Morgan fingerprint density at radius 2 is 1.69 bits per heavy atom. The molecule has 1 N–H and O–H groups in total. The lowest BCUT2D eigenvalue weighted by Gasteiger charge is -2.22. The summed E-state index contributed by atoms with van der Waals surface area (Å²) in [4.78, 5) is 26.6. The van der Waals surface area contributed by atoms with Gasteiger partial charge >= 0.3 is 0 Å². The Labute approximate surface area is 160 Å². The first-order valence-corrected chi connectivity index (χ1v) is 9.80. The Hall–Kier alpha value is -2.27. The van der Waals surface area contributed by atoms with Crippen LogP contribution in [0.3, 0.4) is 0 Å². The fourth-order valence-corrected chi connectivity index (χ4v) is 3.35. The summed E-state index contributed by atoms with van der Waals surface area (Å²) in [5.74, 6) is 0.459. The molecule has 4 nitrogen and oxygen atoms in total. The summed E-state index contributed by atoms with van der Waals surface area (Å²) in [6.45, 7) is 7.04. The molecule has 2 aromatic carbocycles. The number of nitrogens with one attached hydrogen (secondary N) is 1. The summed E-state index contributed by atoms with van der Waals surface area (Å²) >= 11 is 1.52. The summed E-state index contributed by atoms with van der Waals surface area (Å²) in [5.41, 5.74) is 3.14. The third-order valence-corrected chi connectivity index (χ3v) is 4.87. The van der Waals surface area contributed by atoms with Crippen molar-refractivity contribution in [1.29, 1.82) is 0 Å². The van der Waals surface area contributed by atoms with Crippen molar-refractivity contribution in [3.05, 3.63) is 59.7 Å². The van der Waals surface area contributed by atoms with Gasteiger partial charge in [0.1, 0.15) is 0 Å². The van der Waals surface area contributed by atoms with Crippen molar-refractivity contribution in [2.24, 2.45) is 0 Å². The molecule has 138 valence electrons. The van der Waals surface area contributed by atoms with Gasteiger partial charge in [-0.15, -0.1) is 11.8 Å². The minimum Gasteiger partial charge on any atom is -0.338 e. The molecular weight excluding hydrogens is 344 g/mol. The predicted octanol–water partition coefficient (Wildman–Crippen LogP) is 4.48. The average Bonchev–Trinajstić information content (AvgIpc) is 2.62. The quantitative estimate of drug-likeness (QED) is 0.697. The first-order chi connectivity index (χ1) is 12.5. The summed E-state index contributed by atoms with van der Waals surface area (Å²) in [5, 5.41) is 2.74. The molecule has 26 heavy (non-hydrogen) atoms. The normalized spacial score (nSPS) is 10.4. The van der Waals surface area contributed by atoms with Gasteiger partial charge in [-0.2, -0.15) is 0 Å². The number of rotatable bonds is 8. The summed E-state index contributed by atoms with van der Waals surface area (Å²) < 4.78 is 0. The van der Waals surface area contributed by atoms with Gasteiger partial charge in [0.05, 0.1) is 5.75 Å². The third-order valence-electron chi connectivity index (χ3n) is 3.88. The molecule has 0 spiro atoms. The molecule has 0 unspecified atom stereocenters. The predicted molar refractivity (Wildman–Crippen MR) is 108 cm³/mol. The van der Waals surface area contributed by atoms with Crippen molar-refractivity contribution in [1.82, 2.24) is 4.90 Å². The van der Waals surface area contributed by atoms with Crippen LogP contribution in [0.1, 0.15) is 31.4 Å². The zero-order chi connectivity index (χ0) is 18.9. The Morgan fingerprint density at radius 1 is 1.04 bits per heavy atom. The van der Waals surface area contributed by atoms with E-state index < -0.39 is 0 Å². The number of amides is 2. The van der Waals surface area contributed by atoms with Crippen molar-refractivity contribution in [3.8, 4) is 0 Å². The number of anilines is 1. The number of benzene rings is 2. The van der Waals surface area contributed by atoms with Crippen molar-refractivity contribution >= 4 is 29.3 Å². The van der Waals surface area contributed by atoms with Gasteiger partial charge in [0.15, 0.2) is 0 Å². The number of carbonyl (C=O) groups is 2. The first-order valence-electron chi connectivity index (χ1n) is 8.81. The molecule has 5 heteroatoms. The van der Waals surface area contributed by atoms with Crippen LogP contribution < -0.4 is 5.32 Å². The maximum absolute atomic E-state index is 12.6. The van der Waals surface area contributed by atoms with Gasteiger partial charge < -0.3 is 10.2 Å². The highest BCUT2D eigenvalue weighted by molar-refractivity contribution is 8.00. The van der Waals surface area contributed by atoms with Gasteiger partial charge in [0.2, 0.25) is 11.8 Å². The second kappa shape index (κ2) is 10.0. The van der Waals surface area contributed by atoms with Crippen LogP contribution in [-0.4, -0.2) is 29.0 Å². The smallest absolute Gasteiger partial charge is 0.233 e. The molecule has 2 amide bonds. The summed E-state index contributed by atoms with van der Waals surface area (Å²) in [6.07, 6.45) is 0.938. The van der Waals surface area contributed by atoms with Gasteiger partial charge in [-0.1, -0.05) is 36.8 Å². The SMILES string of the molecule is CCCN(Cc1ccc(C)cc1)C(=O)CSc1ccc(NC(C)=O)cc1. The van der Waals surface area contributed by atoms with Crippen LogP contribution in [-0.2, 0) is 16.1 Å². The highest BCUT2D eigenvalue weighted by Crippen LogP contribution is 2.21. The van der Waals surface area contributed by atoms with Crippen LogP contribution in [0, 0.1) is 6.92 Å². The highest BCUT2D eigenvalue weighted by Gasteiger charge is 2.13. The monoisotopic (exact) mass is 370 g/mol. The van der Waals surface area contributed by atoms with Crippen LogP contribution in [0.2, 0.25) is 0 Å². The minimum absolute atomic E-state index is 0.0908. The van der Waals surface area contributed by atoms with E-state index in [2.05, 4.69) is 43.4 Å². The molecule has 0 aromatic heterocycles. The highest BCUT2D eigenvalue weighted by atomic mass is 32.2. The van der Waals surface area contributed by atoms with Crippen molar-refractivity contribution < 1.29 is 9.59 Å².